The Labute approximate surface area is 129 Å². The van der Waals surface area contributed by atoms with E-state index < -0.39 is 0 Å². The molecule has 1 aromatic heterocycles. The van der Waals surface area contributed by atoms with Crippen LogP contribution < -0.4 is 10.2 Å². The fourth-order valence-electron chi connectivity index (χ4n) is 4.02. The maximum Gasteiger partial charge on any atom is 0.129 e. The van der Waals surface area contributed by atoms with Crippen molar-refractivity contribution in [3.8, 4) is 0 Å². The number of pyridine rings is 1. The van der Waals surface area contributed by atoms with E-state index in [4.69, 9.17) is 4.98 Å². The van der Waals surface area contributed by atoms with Crippen LogP contribution in [0.4, 0.5) is 5.82 Å². The molecule has 116 valence electrons. The van der Waals surface area contributed by atoms with Gasteiger partial charge in [0.25, 0.3) is 0 Å². The fraction of sp³-hybridized carbons (Fsp3) is 0.722. The minimum atomic E-state index is 0.755. The van der Waals surface area contributed by atoms with Gasteiger partial charge in [-0.1, -0.05) is 26.7 Å². The van der Waals surface area contributed by atoms with Gasteiger partial charge in [-0.15, -0.1) is 0 Å². The highest BCUT2D eigenvalue weighted by molar-refractivity contribution is 5.45. The lowest BCUT2D eigenvalue weighted by molar-refractivity contribution is 0.341. The molecule has 0 amide bonds. The zero-order chi connectivity index (χ0) is 14.7. The van der Waals surface area contributed by atoms with Crippen LogP contribution in [-0.2, 0) is 13.0 Å². The zero-order valence-corrected chi connectivity index (χ0v) is 13.6. The minimum absolute atomic E-state index is 0.755. The van der Waals surface area contributed by atoms with Gasteiger partial charge >= 0.3 is 0 Å². The highest BCUT2D eigenvalue weighted by Gasteiger charge is 2.36. The lowest BCUT2D eigenvalue weighted by Gasteiger charge is -2.32. The van der Waals surface area contributed by atoms with Gasteiger partial charge in [-0.25, -0.2) is 4.98 Å². The lowest BCUT2D eigenvalue weighted by Crippen LogP contribution is -2.35. The van der Waals surface area contributed by atoms with Crippen molar-refractivity contribution in [2.45, 2.75) is 65.0 Å². The number of fused-ring (bicyclic) bond motifs is 1. The van der Waals surface area contributed by atoms with Gasteiger partial charge in [-0.2, -0.15) is 0 Å². The quantitative estimate of drug-likeness (QED) is 0.898. The summed E-state index contributed by atoms with van der Waals surface area (Å²) < 4.78 is 0. The molecule has 2 heterocycles. The Morgan fingerprint density at radius 3 is 2.86 bits per heavy atom. The van der Waals surface area contributed by atoms with Crippen molar-refractivity contribution in [3.63, 3.8) is 0 Å². The third-order valence-corrected chi connectivity index (χ3v) is 5.17. The largest absolute Gasteiger partial charge is 0.353 e. The molecule has 1 aliphatic carbocycles. The molecule has 3 heteroatoms. The maximum atomic E-state index is 4.93. The molecule has 0 aromatic carbocycles. The first-order chi connectivity index (χ1) is 10.3. The highest BCUT2D eigenvalue weighted by Crippen LogP contribution is 2.38. The van der Waals surface area contributed by atoms with Crippen molar-refractivity contribution in [1.82, 2.24) is 10.3 Å². The van der Waals surface area contributed by atoms with Crippen LogP contribution >= 0.6 is 0 Å². The van der Waals surface area contributed by atoms with Crippen LogP contribution in [0.1, 0.15) is 57.2 Å². The summed E-state index contributed by atoms with van der Waals surface area (Å²) in [5.74, 6) is 2.15. The van der Waals surface area contributed by atoms with E-state index in [0.29, 0.717) is 0 Å². The smallest absolute Gasteiger partial charge is 0.129 e. The second-order valence-corrected chi connectivity index (χ2v) is 6.55. The molecule has 2 fully saturated rings. The normalized spacial score (nSPS) is 25.1. The number of nitrogens with zero attached hydrogens (tertiary/aromatic N) is 2. The van der Waals surface area contributed by atoms with E-state index in [-0.39, 0.29) is 0 Å². The van der Waals surface area contributed by atoms with Gasteiger partial charge in [0.05, 0.1) is 0 Å². The predicted molar refractivity (Wildman–Crippen MR) is 88.7 cm³/mol. The first-order valence-electron chi connectivity index (χ1n) is 8.79. The van der Waals surface area contributed by atoms with E-state index in [9.17, 15) is 0 Å². The summed E-state index contributed by atoms with van der Waals surface area (Å²) in [4.78, 5) is 7.54. The Hall–Kier alpha value is -1.09. The number of aromatic nitrogens is 1. The Morgan fingerprint density at radius 1 is 1.19 bits per heavy atom. The Bertz CT molecular complexity index is 472. The van der Waals surface area contributed by atoms with Crippen molar-refractivity contribution in [1.29, 1.82) is 0 Å². The summed E-state index contributed by atoms with van der Waals surface area (Å²) in [6, 6.07) is 5.34. The monoisotopic (exact) mass is 287 g/mol. The molecule has 1 aliphatic heterocycles. The standard InChI is InChI=1S/C18H29N3/c1-3-16-11-14(13-19-4-2)12-18(20-16)21-10-9-15-7-5-6-8-17(15)21/h11-12,15,17,19H,3-10,13H2,1-2H3. The predicted octanol–water partition coefficient (Wildman–Crippen LogP) is 3.52. The molecule has 21 heavy (non-hydrogen) atoms. The zero-order valence-electron chi connectivity index (χ0n) is 13.6. The van der Waals surface area contributed by atoms with E-state index in [1.54, 1.807) is 0 Å². The van der Waals surface area contributed by atoms with Crippen molar-refractivity contribution in [2.75, 3.05) is 18.0 Å². The molecule has 1 saturated heterocycles. The topological polar surface area (TPSA) is 28.2 Å². The highest BCUT2D eigenvalue weighted by atomic mass is 15.2. The van der Waals surface area contributed by atoms with Crippen molar-refractivity contribution < 1.29 is 0 Å². The number of anilines is 1. The van der Waals surface area contributed by atoms with E-state index >= 15 is 0 Å². The third-order valence-electron chi connectivity index (χ3n) is 5.17. The maximum absolute atomic E-state index is 4.93. The molecular formula is C18H29N3. The molecule has 3 nitrogen and oxygen atoms in total. The van der Waals surface area contributed by atoms with Crippen molar-refractivity contribution >= 4 is 5.82 Å². The molecule has 3 rings (SSSR count). The van der Waals surface area contributed by atoms with Crippen LogP contribution in [0.2, 0.25) is 0 Å². The summed E-state index contributed by atoms with van der Waals surface area (Å²) in [5.41, 5.74) is 2.62. The second-order valence-electron chi connectivity index (χ2n) is 6.55. The Balaban J connectivity index is 1.83. The fourth-order valence-corrected chi connectivity index (χ4v) is 4.02. The summed E-state index contributed by atoms with van der Waals surface area (Å²) >= 11 is 0. The molecule has 1 N–H and O–H groups in total. The van der Waals surface area contributed by atoms with Crippen LogP contribution in [0.5, 0.6) is 0 Å². The van der Waals surface area contributed by atoms with E-state index in [0.717, 1.165) is 31.5 Å². The second kappa shape index (κ2) is 6.78. The molecule has 1 aromatic rings. The Kier molecular flexibility index (Phi) is 4.79. The van der Waals surface area contributed by atoms with Gasteiger partial charge in [-0.3, -0.25) is 0 Å². The number of hydrogen-bond donors (Lipinski definition) is 1. The molecule has 0 spiro atoms. The first-order valence-corrected chi connectivity index (χ1v) is 8.79. The third kappa shape index (κ3) is 3.23. The number of rotatable bonds is 5. The number of aryl methyl sites for hydroxylation is 1. The molecule has 1 saturated carbocycles. The van der Waals surface area contributed by atoms with Gasteiger partial charge in [0.1, 0.15) is 5.82 Å². The van der Waals surface area contributed by atoms with Gasteiger partial charge in [-0.05, 0) is 55.8 Å². The van der Waals surface area contributed by atoms with Crippen LogP contribution in [0.15, 0.2) is 12.1 Å². The molecule has 2 aliphatic rings. The van der Waals surface area contributed by atoms with Gasteiger partial charge in [0.15, 0.2) is 0 Å². The van der Waals surface area contributed by atoms with E-state index in [1.165, 1.54) is 55.7 Å². The van der Waals surface area contributed by atoms with E-state index in [2.05, 4.69) is 36.2 Å². The summed E-state index contributed by atoms with van der Waals surface area (Å²) in [7, 11) is 0. The lowest BCUT2D eigenvalue weighted by atomic mass is 9.85. The average molecular weight is 287 g/mol. The SMILES string of the molecule is CCNCc1cc(CC)nc(N2CCC3CCCCC32)c1. The molecule has 0 bridgehead atoms. The van der Waals surface area contributed by atoms with Crippen LogP contribution in [0.25, 0.3) is 0 Å². The van der Waals surface area contributed by atoms with Crippen LogP contribution in [-0.4, -0.2) is 24.1 Å². The first kappa shape index (κ1) is 14.8. The Morgan fingerprint density at radius 2 is 2.05 bits per heavy atom. The van der Waals surface area contributed by atoms with Crippen molar-refractivity contribution in [2.24, 2.45) is 5.92 Å². The van der Waals surface area contributed by atoms with Gasteiger partial charge in [0.2, 0.25) is 0 Å². The summed E-state index contributed by atoms with van der Waals surface area (Å²) in [6.45, 7) is 7.55. The molecule has 2 atom stereocenters. The van der Waals surface area contributed by atoms with Crippen molar-refractivity contribution in [3.05, 3.63) is 23.4 Å². The molecule has 0 radical (unpaired) electrons. The van der Waals surface area contributed by atoms with Gasteiger partial charge in [0, 0.05) is 24.8 Å². The minimum Gasteiger partial charge on any atom is -0.353 e. The molecular weight excluding hydrogens is 258 g/mol. The number of nitrogens with one attached hydrogen (secondary N) is 1. The number of hydrogen-bond acceptors (Lipinski definition) is 3. The summed E-state index contributed by atoms with van der Waals surface area (Å²) in [6.07, 6.45) is 8.02. The van der Waals surface area contributed by atoms with Crippen LogP contribution in [0.3, 0.4) is 0 Å². The van der Waals surface area contributed by atoms with Crippen LogP contribution in [0, 0.1) is 5.92 Å². The van der Waals surface area contributed by atoms with E-state index in [1.807, 2.05) is 0 Å². The summed E-state index contributed by atoms with van der Waals surface area (Å²) in [5, 5.41) is 3.44. The average Bonchev–Trinajstić information content (AvgIpc) is 2.96. The molecule has 2 unspecified atom stereocenters. The van der Waals surface area contributed by atoms with Gasteiger partial charge < -0.3 is 10.2 Å².